The number of ether oxygens (including phenoxy) is 2. The second kappa shape index (κ2) is 7.58. The van der Waals surface area contributed by atoms with E-state index in [1.54, 1.807) is 0 Å². The van der Waals surface area contributed by atoms with E-state index in [4.69, 9.17) is 9.47 Å². The first-order chi connectivity index (χ1) is 10.1. The fourth-order valence-corrected chi connectivity index (χ4v) is 2.53. The van der Waals surface area contributed by atoms with E-state index >= 15 is 0 Å². The van der Waals surface area contributed by atoms with Crippen LogP contribution in [-0.4, -0.2) is 18.8 Å². The molecule has 1 aliphatic heterocycles. The van der Waals surface area contributed by atoms with E-state index in [0.717, 1.165) is 12.8 Å². The minimum absolute atomic E-state index is 0.0366. The summed E-state index contributed by atoms with van der Waals surface area (Å²) in [6.07, 6.45) is 8.57. The zero-order valence-electron chi connectivity index (χ0n) is 13.1. The van der Waals surface area contributed by atoms with Crippen LogP contribution < -0.4 is 0 Å². The molecular formula is C19H26O2. The molecule has 114 valence electrons. The summed E-state index contributed by atoms with van der Waals surface area (Å²) in [5, 5.41) is 0. The highest BCUT2D eigenvalue weighted by Crippen LogP contribution is 2.30. The van der Waals surface area contributed by atoms with E-state index < -0.39 is 0 Å². The fourth-order valence-electron chi connectivity index (χ4n) is 2.53. The SMILES string of the molecule is C=CC[C@@H]1CC=C[C@H](C(C)(C)COCc2ccccc2)O1. The second-order valence-corrected chi connectivity index (χ2v) is 6.33. The van der Waals surface area contributed by atoms with Crippen molar-refractivity contribution < 1.29 is 9.47 Å². The van der Waals surface area contributed by atoms with Crippen LogP contribution in [0, 0.1) is 5.41 Å². The number of benzene rings is 1. The molecule has 2 nitrogen and oxygen atoms in total. The minimum atomic E-state index is -0.0366. The molecular weight excluding hydrogens is 260 g/mol. The zero-order chi connectivity index (χ0) is 15.1. The van der Waals surface area contributed by atoms with Crippen LogP contribution in [0.4, 0.5) is 0 Å². The third kappa shape index (κ3) is 4.83. The Kier molecular flexibility index (Phi) is 5.77. The van der Waals surface area contributed by atoms with Gasteiger partial charge < -0.3 is 9.47 Å². The average molecular weight is 286 g/mol. The van der Waals surface area contributed by atoms with Crippen LogP contribution in [-0.2, 0) is 16.1 Å². The molecule has 0 bridgehead atoms. The Balaban J connectivity index is 1.84. The topological polar surface area (TPSA) is 18.5 Å². The summed E-state index contributed by atoms with van der Waals surface area (Å²) in [6.45, 7) is 9.52. The Hall–Kier alpha value is -1.38. The lowest BCUT2D eigenvalue weighted by atomic mass is 9.85. The highest BCUT2D eigenvalue weighted by atomic mass is 16.5. The van der Waals surface area contributed by atoms with Crippen molar-refractivity contribution in [3.05, 3.63) is 60.7 Å². The fraction of sp³-hybridized carbons (Fsp3) is 0.474. The standard InChI is InChI=1S/C19H26O2/c1-4-9-17-12-8-13-18(21-17)19(2,3)15-20-14-16-10-6-5-7-11-16/h4-8,10-11,13,17-18H,1,9,12,14-15H2,2-3H3/t17-,18-/m1/s1. The average Bonchev–Trinajstić information content (AvgIpc) is 2.49. The van der Waals surface area contributed by atoms with Gasteiger partial charge in [0.05, 0.1) is 25.4 Å². The Morgan fingerprint density at radius 2 is 2.10 bits per heavy atom. The molecule has 1 aliphatic rings. The van der Waals surface area contributed by atoms with Gasteiger partial charge >= 0.3 is 0 Å². The molecule has 0 amide bonds. The predicted octanol–water partition coefficient (Wildman–Crippen LogP) is 4.52. The summed E-state index contributed by atoms with van der Waals surface area (Å²) in [7, 11) is 0. The van der Waals surface area contributed by atoms with Crippen molar-refractivity contribution in [3.8, 4) is 0 Å². The molecule has 0 aliphatic carbocycles. The molecule has 0 aromatic heterocycles. The van der Waals surface area contributed by atoms with Gasteiger partial charge in [-0.25, -0.2) is 0 Å². The van der Waals surface area contributed by atoms with Gasteiger partial charge in [-0.1, -0.05) is 62.4 Å². The molecule has 1 aromatic carbocycles. The maximum Gasteiger partial charge on any atom is 0.0832 e. The van der Waals surface area contributed by atoms with E-state index in [1.165, 1.54) is 5.56 Å². The summed E-state index contributed by atoms with van der Waals surface area (Å²) in [6, 6.07) is 10.3. The Morgan fingerprint density at radius 3 is 2.81 bits per heavy atom. The molecule has 2 heteroatoms. The van der Waals surface area contributed by atoms with E-state index in [9.17, 15) is 0 Å². The smallest absolute Gasteiger partial charge is 0.0832 e. The quantitative estimate of drug-likeness (QED) is 0.686. The predicted molar refractivity (Wildman–Crippen MR) is 87.1 cm³/mol. The minimum Gasteiger partial charge on any atom is -0.376 e. The van der Waals surface area contributed by atoms with Gasteiger partial charge in [-0.2, -0.15) is 0 Å². The van der Waals surface area contributed by atoms with E-state index in [-0.39, 0.29) is 17.6 Å². The van der Waals surface area contributed by atoms with Crippen LogP contribution in [0.5, 0.6) is 0 Å². The molecule has 0 N–H and O–H groups in total. The lowest BCUT2D eigenvalue weighted by Gasteiger charge is -2.36. The van der Waals surface area contributed by atoms with Crippen molar-refractivity contribution in [1.82, 2.24) is 0 Å². The number of hydrogen-bond acceptors (Lipinski definition) is 2. The molecule has 0 spiro atoms. The molecule has 0 radical (unpaired) electrons. The van der Waals surface area contributed by atoms with Crippen molar-refractivity contribution in [2.45, 2.75) is 45.5 Å². The lowest BCUT2D eigenvalue weighted by Crippen LogP contribution is -2.39. The number of rotatable bonds is 7. The Bertz CT molecular complexity index is 462. The van der Waals surface area contributed by atoms with E-state index in [1.807, 2.05) is 24.3 Å². The summed E-state index contributed by atoms with van der Waals surface area (Å²) in [5.41, 5.74) is 1.17. The molecule has 0 unspecified atom stereocenters. The summed E-state index contributed by atoms with van der Waals surface area (Å²) >= 11 is 0. The maximum atomic E-state index is 6.16. The van der Waals surface area contributed by atoms with Gasteiger partial charge in [0.25, 0.3) is 0 Å². The van der Waals surface area contributed by atoms with Gasteiger partial charge in [0, 0.05) is 5.41 Å². The molecule has 2 atom stereocenters. The first kappa shape index (κ1) is 16.0. The normalized spacial score (nSPS) is 22.2. The lowest BCUT2D eigenvalue weighted by molar-refractivity contribution is -0.0810. The van der Waals surface area contributed by atoms with Gasteiger partial charge in [0.15, 0.2) is 0 Å². The highest BCUT2D eigenvalue weighted by molar-refractivity contribution is 5.13. The van der Waals surface area contributed by atoms with Crippen LogP contribution in [0.2, 0.25) is 0 Å². The third-order valence-electron chi connectivity index (χ3n) is 3.83. The number of hydrogen-bond donors (Lipinski definition) is 0. The molecule has 2 rings (SSSR count). The summed E-state index contributed by atoms with van der Waals surface area (Å²) in [5.74, 6) is 0. The van der Waals surface area contributed by atoms with Gasteiger partial charge in [-0.15, -0.1) is 6.58 Å². The van der Waals surface area contributed by atoms with Crippen molar-refractivity contribution in [2.24, 2.45) is 5.41 Å². The van der Waals surface area contributed by atoms with Crippen LogP contribution in [0.3, 0.4) is 0 Å². The summed E-state index contributed by atoms with van der Waals surface area (Å²) in [4.78, 5) is 0. The van der Waals surface area contributed by atoms with Gasteiger partial charge in [0.2, 0.25) is 0 Å². The van der Waals surface area contributed by atoms with Gasteiger partial charge in [0.1, 0.15) is 0 Å². The zero-order valence-corrected chi connectivity index (χ0v) is 13.1. The maximum absolute atomic E-state index is 6.16. The van der Waals surface area contributed by atoms with E-state index in [0.29, 0.717) is 13.2 Å². The van der Waals surface area contributed by atoms with Crippen molar-refractivity contribution in [2.75, 3.05) is 6.61 Å². The van der Waals surface area contributed by atoms with E-state index in [2.05, 4.69) is 44.7 Å². The van der Waals surface area contributed by atoms with Crippen molar-refractivity contribution in [1.29, 1.82) is 0 Å². The monoisotopic (exact) mass is 286 g/mol. The molecule has 0 fully saturated rings. The van der Waals surface area contributed by atoms with Gasteiger partial charge in [-0.3, -0.25) is 0 Å². The van der Waals surface area contributed by atoms with Crippen molar-refractivity contribution >= 4 is 0 Å². The van der Waals surface area contributed by atoms with Crippen LogP contribution >= 0.6 is 0 Å². The molecule has 0 saturated heterocycles. The van der Waals surface area contributed by atoms with Crippen LogP contribution in [0.25, 0.3) is 0 Å². The molecule has 1 aromatic rings. The Morgan fingerprint density at radius 1 is 1.33 bits per heavy atom. The Labute approximate surface area is 128 Å². The largest absolute Gasteiger partial charge is 0.376 e. The molecule has 1 heterocycles. The first-order valence-electron chi connectivity index (χ1n) is 7.66. The molecule has 21 heavy (non-hydrogen) atoms. The van der Waals surface area contributed by atoms with Crippen LogP contribution in [0.15, 0.2) is 55.1 Å². The molecule has 0 saturated carbocycles. The van der Waals surface area contributed by atoms with Crippen LogP contribution in [0.1, 0.15) is 32.3 Å². The first-order valence-corrected chi connectivity index (χ1v) is 7.66. The third-order valence-corrected chi connectivity index (χ3v) is 3.83. The van der Waals surface area contributed by atoms with Crippen molar-refractivity contribution in [3.63, 3.8) is 0 Å². The van der Waals surface area contributed by atoms with Gasteiger partial charge in [-0.05, 0) is 18.4 Å². The summed E-state index contributed by atoms with van der Waals surface area (Å²) < 4.78 is 12.1. The highest BCUT2D eigenvalue weighted by Gasteiger charge is 2.32. The second-order valence-electron chi connectivity index (χ2n) is 6.33.